The van der Waals surface area contributed by atoms with Gasteiger partial charge in [-0.1, -0.05) is 12.1 Å². The minimum atomic E-state index is -0.351. The van der Waals surface area contributed by atoms with Crippen LogP contribution in [0.3, 0.4) is 0 Å². The maximum Gasteiger partial charge on any atom is 0.292 e. The summed E-state index contributed by atoms with van der Waals surface area (Å²) in [5.41, 5.74) is 0.763. The molecule has 1 atom stereocenters. The number of carbonyl (C=O) groups excluding carboxylic acids is 1. The van der Waals surface area contributed by atoms with Crippen molar-refractivity contribution >= 4 is 17.3 Å². The van der Waals surface area contributed by atoms with Crippen molar-refractivity contribution < 1.29 is 14.5 Å². The summed E-state index contributed by atoms with van der Waals surface area (Å²) in [7, 11) is 0. The molecular weight excluding hydrogens is 310 g/mol. The van der Waals surface area contributed by atoms with Crippen molar-refractivity contribution in [2.45, 2.75) is 31.8 Å². The van der Waals surface area contributed by atoms with Gasteiger partial charge < -0.3 is 15.0 Å². The van der Waals surface area contributed by atoms with Crippen LogP contribution in [-0.2, 0) is 9.53 Å². The first-order chi connectivity index (χ1) is 11.6. The van der Waals surface area contributed by atoms with E-state index in [1.54, 1.807) is 12.1 Å². The first kappa shape index (κ1) is 16.7. The number of nitrogens with one attached hydrogen (secondary N) is 1. The van der Waals surface area contributed by atoms with Crippen LogP contribution in [0.1, 0.15) is 25.7 Å². The number of nitrogens with zero attached hydrogens (tertiary/aromatic N) is 2. The zero-order chi connectivity index (χ0) is 16.9. The molecule has 1 aromatic rings. The van der Waals surface area contributed by atoms with Gasteiger partial charge in [0.05, 0.1) is 11.0 Å². The van der Waals surface area contributed by atoms with Crippen molar-refractivity contribution in [2.24, 2.45) is 5.92 Å². The summed E-state index contributed by atoms with van der Waals surface area (Å²) in [6.07, 6.45) is 3.65. The Morgan fingerprint density at radius 3 is 2.71 bits per heavy atom. The lowest BCUT2D eigenvalue weighted by atomic mass is 9.95. The zero-order valence-electron chi connectivity index (χ0n) is 13.6. The molecule has 1 N–H and O–H groups in total. The van der Waals surface area contributed by atoms with Gasteiger partial charge in [0.2, 0.25) is 5.91 Å². The average molecular weight is 333 g/mol. The molecule has 0 radical (unpaired) electrons. The molecule has 2 fully saturated rings. The summed E-state index contributed by atoms with van der Waals surface area (Å²) >= 11 is 0. The number of para-hydroxylation sites is 2. The molecule has 1 aromatic carbocycles. The monoisotopic (exact) mass is 333 g/mol. The van der Waals surface area contributed by atoms with Gasteiger partial charge in [-0.3, -0.25) is 14.9 Å². The van der Waals surface area contributed by atoms with Gasteiger partial charge in [0.25, 0.3) is 5.69 Å². The van der Waals surface area contributed by atoms with Crippen LogP contribution in [0.2, 0.25) is 0 Å². The van der Waals surface area contributed by atoms with Gasteiger partial charge in [-0.05, 0) is 31.7 Å². The number of nitro benzene ring substituents is 1. The fourth-order valence-electron chi connectivity index (χ4n) is 3.43. The van der Waals surface area contributed by atoms with Crippen molar-refractivity contribution in [1.82, 2.24) is 5.32 Å². The lowest BCUT2D eigenvalue weighted by Gasteiger charge is -2.32. The minimum Gasteiger partial charge on any atom is -0.376 e. The molecule has 7 heteroatoms. The van der Waals surface area contributed by atoms with Crippen LogP contribution in [0.15, 0.2) is 24.3 Å². The maximum atomic E-state index is 12.3. The van der Waals surface area contributed by atoms with E-state index >= 15 is 0 Å². The van der Waals surface area contributed by atoms with Gasteiger partial charge in [-0.15, -0.1) is 0 Å². The third-order valence-electron chi connectivity index (χ3n) is 4.81. The second kappa shape index (κ2) is 7.61. The van der Waals surface area contributed by atoms with Crippen LogP contribution in [0.25, 0.3) is 0 Å². The normalized spacial score (nSPS) is 21.7. The summed E-state index contributed by atoms with van der Waals surface area (Å²) in [5.74, 6) is 0.0538. The van der Waals surface area contributed by atoms with E-state index < -0.39 is 0 Å². The van der Waals surface area contributed by atoms with E-state index in [1.807, 2.05) is 11.0 Å². The van der Waals surface area contributed by atoms with Crippen molar-refractivity contribution in [3.05, 3.63) is 34.4 Å². The highest BCUT2D eigenvalue weighted by atomic mass is 16.6. The SMILES string of the molecule is O=C(NCC1CCCO1)C1CCN(c2ccccc2[N+](=O)[O-])CC1. The molecule has 2 saturated heterocycles. The molecule has 2 heterocycles. The number of hydrogen-bond donors (Lipinski definition) is 1. The Kier molecular flexibility index (Phi) is 5.30. The fraction of sp³-hybridized carbons (Fsp3) is 0.588. The second-order valence-corrected chi connectivity index (χ2v) is 6.39. The third kappa shape index (κ3) is 3.84. The Labute approximate surface area is 141 Å². The Balaban J connectivity index is 1.52. The molecule has 2 aliphatic rings. The van der Waals surface area contributed by atoms with Crippen LogP contribution in [0.5, 0.6) is 0 Å². The van der Waals surface area contributed by atoms with Gasteiger partial charge >= 0.3 is 0 Å². The lowest BCUT2D eigenvalue weighted by molar-refractivity contribution is -0.384. The quantitative estimate of drug-likeness (QED) is 0.659. The van der Waals surface area contributed by atoms with Crippen LogP contribution in [0, 0.1) is 16.0 Å². The lowest BCUT2D eigenvalue weighted by Crippen LogP contribution is -2.42. The van der Waals surface area contributed by atoms with Crippen LogP contribution in [-0.4, -0.2) is 43.2 Å². The summed E-state index contributed by atoms with van der Waals surface area (Å²) in [4.78, 5) is 25.1. The Hall–Kier alpha value is -2.15. The van der Waals surface area contributed by atoms with Crippen molar-refractivity contribution in [3.63, 3.8) is 0 Å². The summed E-state index contributed by atoms with van der Waals surface area (Å²) in [6.45, 7) is 2.68. The van der Waals surface area contributed by atoms with Crippen LogP contribution >= 0.6 is 0 Å². The second-order valence-electron chi connectivity index (χ2n) is 6.39. The molecule has 0 aliphatic carbocycles. The van der Waals surface area contributed by atoms with E-state index in [2.05, 4.69) is 5.32 Å². The smallest absolute Gasteiger partial charge is 0.292 e. The maximum absolute atomic E-state index is 12.3. The number of benzene rings is 1. The molecule has 0 aromatic heterocycles. The molecule has 2 aliphatic heterocycles. The third-order valence-corrected chi connectivity index (χ3v) is 4.81. The predicted octanol–water partition coefficient (Wildman–Crippen LogP) is 2.11. The highest BCUT2D eigenvalue weighted by Crippen LogP contribution is 2.31. The van der Waals surface area contributed by atoms with E-state index in [0.29, 0.717) is 38.2 Å². The first-order valence-corrected chi connectivity index (χ1v) is 8.53. The van der Waals surface area contributed by atoms with E-state index in [4.69, 9.17) is 4.74 Å². The average Bonchev–Trinajstić information content (AvgIpc) is 3.13. The number of ether oxygens (including phenoxy) is 1. The van der Waals surface area contributed by atoms with Crippen LogP contribution in [0.4, 0.5) is 11.4 Å². The molecule has 24 heavy (non-hydrogen) atoms. The number of amides is 1. The summed E-state index contributed by atoms with van der Waals surface area (Å²) < 4.78 is 5.51. The number of anilines is 1. The summed E-state index contributed by atoms with van der Waals surface area (Å²) in [6, 6.07) is 6.78. The van der Waals surface area contributed by atoms with E-state index in [9.17, 15) is 14.9 Å². The molecular formula is C17H23N3O4. The zero-order valence-corrected chi connectivity index (χ0v) is 13.6. The predicted molar refractivity (Wildman–Crippen MR) is 90.0 cm³/mol. The molecule has 0 spiro atoms. The number of hydrogen-bond acceptors (Lipinski definition) is 5. The molecule has 7 nitrogen and oxygen atoms in total. The van der Waals surface area contributed by atoms with E-state index in [-0.39, 0.29) is 28.5 Å². The van der Waals surface area contributed by atoms with Gasteiger partial charge in [-0.2, -0.15) is 0 Å². The minimum absolute atomic E-state index is 0.0228. The van der Waals surface area contributed by atoms with Gasteiger partial charge in [0, 0.05) is 38.2 Å². The number of rotatable bonds is 5. The highest BCUT2D eigenvalue weighted by Gasteiger charge is 2.28. The van der Waals surface area contributed by atoms with E-state index in [1.165, 1.54) is 6.07 Å². The molecule has 0 bridgehead atoms. The topological polar surface area (TPSA) is 84.7 Å². The Morgan fingerprint density at radius 2 is 2.04 bits per heavy atom. The van der Waals surface area contributed by atoms with E-state index in [0.717, 1.165) is 19.4 Å². The van der Waals surface area contributed by atoms with Gasteiger partial charge in [-0.25, -0.2) is 0 Å². The van der Waals surface area contributed by atoms with Gasteiger partial charge in [0.15, 0.2) is 0 Å². The van der Waals surface area contributed by atoms with Crippen molar-refractivity contribution in [3.8, 4) is 0 Å². The molecule has 3 rings (SSSR count). The molecule has 0 saturated carbocycles. The molecule has 1 unspecified atom stereocenters. The fourth-order valence-corrected chi connectivity index (χ4v) is 3.43. The number of carbonyl (C=O) groups is 1. The molecule has 1 amide bonds. The number of piperidine rings is 1. The van der Waals surface area contributed by atoms with Crippen molar-refractivity contribution in [1.29, 1.82) is 0 Å². The summed E-state index contributed by atoms with van der Waals surface area (Å²) in [5, 5.41) is 14.1. The molecule has 130 valence electrons. The number of nitro groups is 1. The van der Waals surface area contributed by atoms with Crippen LogP contribution < -0.4 is 10.2 Å². The van der Waals surface area contributed by atoms with Gasteiger partial charge in [0.1, 0.15) is 5.69 Å². The highest BCUT2D eigenvalue weighted by molar-refractivity contribution is 5.79. The Bertz CT molecular complexity index is 593. The first-order valence-electron chi connectivity index (χ1n) is 8.53. The van der Waals surface area contributed by atoms with Crippen molar-refractivity contribution in [2.75, 3.05) is 31.1 Å². The standard InChI is InChI=1S/C17H23N3O4/c21-17(18-12-14-4-3-11-24-14)13-7-9-19(10-8-13)15-5-1-2-6-16(15)20(22)23/h1-2,5-6,13-14H,3-4,7-12H2,(H,18,21). The Morgan fingerprint density at radius 1 is 1.29 bits per heavy atom. The largest absolute Gasteiger partial charge is 0.376 e.